The Morgan fingerprint density at radius 2 is 1.77 bits per heavy atom. The van der Waals surface area contributed by atoms with Crippen LogP contribution < -0.4 is 0 Å². The highest BCUT2D eigenvalue weighted by atomic mass is 35.5. The van der Waals surface area contributed by atoms with Gasteiger partial charge in [0.05, 0.1) is 15.6 Å². The highest BCUT2D eigenvalue weighted by Gasteiger charge is 2.22. The molecule has 0 aliphatic carbocycles. The summed E-state index contributed by atoms with van der Waals surface area (Å²) in [7, 11) is 0. The number of pyridine rings is 1. The van der Waals surface area contributed by atoms with Gasteiger partial charge in [0, 0.05) is 47.2 Å². The number of fused-ring (bicyclic) bond motifs is 1. The topological polar surface area (TPSA) is 92.4 Å². The number of aromatic nitrogens is 2. The standard InChI is InChI=1S/C22H13Cl2FN2O4/c23-16-7-26-8-17(24)20(16)14-5-11(1-3-18(14)25)9-27-10-15(21(29)22(30)31)13-6-12(28)2-4-19(13)27/h1-8,10,28H,9H2,(H,30,31). The maximum atomic E-state index is 14.6. The van der Waals surface area contributed by atoms with E-state index < -0.39 is 17.6 Å². The number of carboxylic acids is 1. The molecule has 0 fully saturated rings. The van der Waals surface area contributed by atoms with Crippen LogP contribution >= 0.6 is 23.2 Å². The zero-order valence-corrected chi connectivity index (χ0v) is 17.2. The zero-order chi connectivity index (χ0) is 22.3. The van der Waals surface area contributed by atoms with Gasteiger partial charge in [-0.3, -0.25) is 9.78 Å². The minimum atomic E-state index is -1.60. The van der Waals surface area contributed by atoms with E-state index in [0.717, 1.165) is 0 Å². The fourth-order valence-electron chi connectivity index (χ4n) is 3.44. The number of aliphatic carboxylic acids is 1. The first-order valence-electron chi connectivity index (χ1n) is 8.93. The number of carbonyl (C=O) groups is 2. The summed E-state index contributed by atoms with van der Waals surface area (Å²) in [6, 6.07) is 8.75. The number of halogens is 3. The lowest BCUT2D eigenvalue weighted by Gasteiger charge is -2.11. The largest absolute Gasteiger partial charge is 0.508 e. The number of nitrogens with zero attached hydrogens (tertiary/aromatic N) is 2. The number of phenols is 1. The molecule has 0 radical (unpaired) electrons. The van der Waals surface area contributed by atoms with Gasteiger partial charge in [0.1, 0.15) is 11.6 Å². The van der Waals surface area contributed by atoms with Crippen molar-refractivity contribution in [3.63, 3.8) is 0 Å². The van der Waals surface area contributed by atoms with Gasteiger partial charge in [0.2, 0.25) is 0 Å². The van der Waals surface area contributed by atoms with E-state index in [1.165, 1.54) is 36.8 Å². The Balaban J connectivity index is 1.82. The summed E-state index contributed by atoms with van der Waals surface area (Å²) >= 11 is 12.3. The second-order valence-corrected chi connectivity index (χ2v) is 7.61. The number of aromatic hydroxyl groups is 1. The maximum Gasteiger partial charge on any atom is 0.377 e. The Labute approximate surface area is 185 Å². The van der Waals surface area contributed by atoms with Gasteiger partial charge < -0.3 is 14.8 Å². The number of benzene rings is 2. The number of carboxylic acid groups (broad SMARTS) is 1. The average molecular weight is 459 g/mol. The lowest BCUT2D eigenvalue weighted by Crippen LogP contribution is -2.12. The van der Waals surface area contributed by atoms with E-state index in [2.05, 4.69) is 4.98 Å². The second-order valence-electron chi connectivity index (χ2n) is 6.80. The number of Topliss-reactive ketones (excluding diaryl/α,β-unsaturated/α-hetero) is 1. The highest BCUT2D eigenvalue weighted by Crippen LogP contribution is 2.36. The van der Waals surface area contributed by atoms with Crippen LogP contribution in [-0.4, -0.2) is 31.5 Å². The number of rotatable bonds is 5. The van der Waals surface area contributed by atoms with E-state index in [-0.39, 0.29) is 33.5 Å². The van der Waals surface area contributed by atoms with Crippen LogP contribution in [0.5, 0.6) is 5.75 Å². The van der Waals surface area contributed by atoms with Gasteiger partial charge in [0.15, 0.2) is 0 Å². The third-order valence-electron chi connectivity index (χ3n) is 4.81. The first-order valence-corrected chi connectivity index (χ1v) is 9.69. The van der Waals surface area contributed by atoms with Crippen molar-refractivity contribution in [1.82, 2.24) is 9.55 Å². The molecule has 0 aliphatic rings. The molecule has 31 heavy (non-hydrogen) atoms. The van der Waals surface area contributed by atoms with E-state index in [0.29, 0.717) is 22.0 Å². The van der Waals surface area contributed by atoms with Crippen molar-refractivity contribution in [2.75, 3.05) is 0 Å². The Hall–Kier alpha value is -3.42. The fourth-order valence-corrected chi connectivity index (χ4v) is 4.01. The minimum absolute atomic E-state index is 0.0547. The van der Waals surface area contributed by atoms with Crippen molar-refractivity contribution in [3.8, 4) is 16.9 Å². The van der Waals surface area contributed by atoms with Crippen LogP contribution in [0.3, 0.4) is 0 Å². The van der Waals surface area contributed by atoms with Crippen LogP contribution in [0.25, 0.3) is 22.0 Å². The minimum Gasteiger partial charge on any atom is -0.508 e. The van der Waals surface area contributed by atoms with Crippen molar-refractivity contribution in [1.29, 1.82) is 0 Å². The lowest BCUT2D eigenvalue weighted by molar-refractivity contribution is -0.131. The third kappa shape index (κ3) is 3.85. The summed E-state index contributed by atoms with van der Waals surface area (Å²) in [6.07, 6.45) is 4.13. The molecule has 0 saturated heterocycles. The van der Waals surface area contributed by atoms with Gasteiger partial charge in [-0.25, -0.2) is 9.18 Å². The molecule has 156 valence electrons. The second kappa shape index (κ2) is 8.02. The SMILES string of the molecule is O=C(O)C(=O)c1cn(Cc2ccc(F)c(-c3c(Cl)cncc3Cl)c2)c2ccc(O)cc12. The van der Waals surface area contributed by atoms with E-state index in [9.17, 15) is 19.1 Å². The van der Waals surface area contributed by atoms with Crippen LogP contribution in [0.2, 0.25) is 10.0 Å². The van der Waals surface area contributed by atoms with Crippen LogP contribution in [-0.2, 0) is 11.3 Å². The Morgan fingerprint density at radius 1 is 1.06 bits per heavy atom. The van der Waals surface area contributed by atoms with Gasteiger partial charge in [-0.15, -0.1) is 0 Å². The van der Waals surface area contributed by atoms with Gasteiger partial charge in [-0.1, -0.05) is 29.3 Å². The zero-order valence-electron chi connectivity index (χ0n) is 15.6. The van der Waals surface area contributed by atoms with Gasteiger partial charge >= 0.3 is 5.97 Å². The maximum absolute atomic E-state index is 14.6. The molecule has 4 aromatic rings. The summed E-state index contributed by atoms with van der Waals surface area (Å²) < 4.78 is 16.2. The van der Waals surface area contributed by atoms with Gasteiger partial charge in [0.25, 0.3) is 5.78 Å². The molecule has 0 spiro atoms. The predicted octanol–water partition coefficient (Wildman–Crippen LogP) is 5.17. The number of carbonyl (C=O) groups excluding carboxylic acids is 1. The smallest absolute Gasteiger partial charge is 0.377 e. The van der Waals surface area contributed by atoms with E-state index in [1.54, 1.807) is 22.8 Å². The van der Waals surface area contributed by atoms with E-state index in [4.69, 9.17) is 28.3 Å². The van der Waals surface area contributed by atoms with Crippen LogP contribution in [0, 0.1) is 5.82 Å². The molecule has 0 saturated carbocycles. The predicted molar refractivity (Wildman–Crippen MR) is 114 cm³/mol. The van der Waals surface area contributed by atoms with E-state index >= 15 is 0 Å². The monoisotopic (exact) mass is 458 g/mol. The number of ketones is 1. The number of phenolic OH excluding ortho intramolecular Hbond substituents is 1. The summed E-state index contributed by atoms with van der Waals surface area (Å²) in [5, 5.41) is 19.6. The van der Waals surface area contributed by atoms with Crippen LogP contribution in [0.4, 0.5) is 4.39 Å². The van der Waals surface area contributed by atoms with Crippen molar-refractivity contribution in [2.45, 2.75) is 6.54 Å². The normalized spacial score (nSPS) is 11.1. The summed E-state index contributed by atoms with van der Waals surface area (Å²) in [5.41, 5.74) is 1.63. The number of hydrogen-bond donors (Lipinski definition) is 2. The molecule has 0 atom stereocenters. The van der Waals surface area contributed by atoms with Crippen molar-refractivity contribution >= 4 is 45.9 Å². The summed E-state index contributed by atoms with van der Waals surface area (Å²) in [6.45, 7) is 0.196. The number of hydrogen-bond acceptors (Lipinski definition) is 4. The highest BCUT2D eigenvalue weighted by molar-refractivity contribution is 6.42. The molecule has 2 heterocycles. The van der Waals surface area contributed by atoms with Crippen LogP contribution in [0.15, 0.2) is 55.0 Å². The average Bonchev–Trinajstić information content (AvgIpc) is 3.06. The molecule has 4 rings (SSSR count). The summed E-state index contributed by atoms with van der Waals surface area (Å²) in [5.74, 6) is -3.32. The third-order valence-corrected chi connectivity index (χ3v) is 5.38. The quantitative estimate of drug-likeness (QED) is 0.317. The molecule has 0 aliphatic heterocycles. The molecule has 9 heteroatoms. The molecular weight excluding hydrogens is 446 g/mol. The van der Waals surface area contributed by atoms with Gasteiger partial charge in [-0.05, 0) is 35.9 Å². The molecule has 0 amide bonds. The fraction of sp³-hybridized carbons (Fsp3) is 0.0455. The first kappa shape index (κ1) is 20.8. The summed E-state index contributed by atoms with van der Waals surface area (Å²) in [4.78, 5) is 27.2. The molecule has 0 bridgehead atoms. The molecule has 2 aromatic carbocycles. The van der Waals surface area contributed by atoms with Crippen molar-refractivity contribution < 1.29 is 24.2 Å². The lowest BCUT2D eigenvalue weighted by atomic mass is 10.0. The van der Waals surface area contributed by atoms with Crippen LogP contribution in [0.1, 0.15) is 15.9 Å². The van der Waals surface area contributed by atoms with Gasteiger partial charge in [-0.2, -0.15) is 0 Å². The Kier molecular flexibility index (Phi) is 5.39. The Bertz CT molecular complexity index is 1350. The van der Waals surface area contributed by atoms with E-state index in [1.807, 2.05) is 0 Å². The Morgan fingerprint density at radius 3 is 2.45 bits per heavy atom. The van der Waals surface area contributed by atoms with Crippen molar-refractivity contribution in [2.24, 2.45) is 0 Å². The molecule has 0 unspecified atom stereocenters. The molecule has 2 N–H and O–H groups in total. The van der Waals surface area contributed by atoms with Crippen molar-refractivity contribution in [3.05, 3.63) is 82.0 Å². The molecular formula is C22H13Cl2FN2O4. The molecule has 6 nitrogen and oxygen atoms in total. The first-order chi connectivity index (χ1) is 14.8. The molecule has 2 aromatic heterocycles.